The molecule has 0 aliphatic carbocycles. The van der Waals surface area contributed by atoms with E-state index in [1.54, 1.807) is 0 Å². The fourth-order valence-electron chi connectivity index (χ4n) is 2.86. The number of rotatable bonds is 15. The first kappa shape index (κ1) is 27.1. The third kappa shape index (κ3) is 10.8. The van der Waals surface area contributed by atoms with Crippen molar-refractivity contribution in [1.29, 1.82) is 0 Å². The summed E-state index contributed by atoms with van der Waals surface area (Å²) in [6.45, 7) is -2.76. The van der Waals surface area contributed by atoms with Crippen LogP contribution in [-0.2, 0) is 30.4 Å². The summed E-state index contributed by atoms with van der Waals surface area (Å²) in [4.78, 5) is 58.9. The SMILES string of the molecule is O=C(O)CN(CCN(CC(=O)O)CC(=O)N[C@H](Cc1ccc(O)c(O)c1)C(=O)O)CC(=O)O. The third-order valence-corrected chi connectivity index (χ3v) is 4.29. The second-order valence-corrected chi connectivity index (χ2v) is 7.09. The Morgan fingerprint density at radius 3 is 1.67 bits per heavy atom. The molecule has 0 aliphatic heterocycles. The summed E-state index contributed by atoms with van der Waals surface area (Å²) in [6.07, 6.45) is -0.237. The van der Waals surface area contributed by atoms with E-state index in [4.69, 9.17) is 15.3 Å². The molecule has 0 aromatic heterocycles. The molecule has 33 heavy (non-hydrogen) atoms. The maximum atomic E-state index is 12.4. The van der Waals surface area contributed by atoms with Crippen molar-refractivity contribution in [2.24, 2.45) is 0 Å². The Morgan fingerprint density at radius 2 is 1.24 bits per heavy atom. The van der Waals surface area contributed by atoms with Crippen LogP contribution in [0.15, 0.2) is 18.2 Å². The molecule has 14 heteroatoms. The van der Waals surface area contributed by atoms with Gasteiger partial charge in [0.1, 0.15) is 6.04 Å². The Morgan fingerprint density at radius 1 is 0.758 bits per heavy atom. The van der Waals surface area contributed by atoms with Crippen LogP contribution in [0.3, 0.4) is 0 Å². The molecule has 0 spiro atoms. The average molecular weight is 471 g/mol. The van der Waals surface area contributed by atoms with Crippen LogP contribution in [0.2, 0.25) is 0 Å². The van der Waals surface area contributed by atoms with Crippen LogP contribution in [0.5, 0.6) is 11.5 Å². The molecule has 14 nitrogen and oxygen atoms in total. The molecule has 1 amide bonds. The fraction of sp³-hybridized carbons (Fsp3) is 0.421. The quantitative estimate of drug-likeness (QED) is 0.138. The summed E-state index contributed by atoms with van der Waals surface area (Å²) in [5.74, 6) is -6.99. The minimum Gasteiger partial charge on any atom is -0.504 e. The number of carbonyl (C=O) groups excluding carboxylic acids is 1. The number of carbonyl (C=O) groups is 5. The van der Waals surface area contributed by atoms with E-state index in [1.807, 2.05) is 0 Å². The van der Waals surface area contributed by atoms with Crippen LogP contribution in [0.1, 0.15) is 5.56 Å². The molecule has 0 aliphatic rings. The molecule has 0 saturated carbocycles. The molecule has 182 valence electrons. The molecule has 1 atom stereocenters. The zero-order valence-electron chi connectivity index (χ0n) is 17.4. The fourth-order valence-corrected chi connectivity index (χ4v) is 2.86. The van der Waals surface area contributed by atoms with Gasteiger partial charge in [-0.1, -0.05) is 6.07 Å². The zero-order valence-corrected chi connectivity index (χ0v) is 17.4. The second-order valence-electron chi connectivity index (χ2n) is 7.09. The number of amides is 1. The number of benzene rings is 1. The normalized spacial score (nSPS) is 11.8. The maximum absolute atomic E-state index is 12.4. The minimum absolute atomic E-state index is 0.172. The number of phenols is 2. The van der Waals surface area contributed by atoms with Crippen molar-refractivity contribution in [3.63, 3.8) is 0 Å². The zero-order chi connectivity index (χ0) is 25.1. The second kappa shape index (κ2) is 12.8. The lowest BCUT2D eigenvalue weighted by molar-refractivity contribution is -0.144. The number of phenolic OH excluding ortho intramolecular Hbond substituents is 2. The van der Waals surface area contributed by atoms with E-state index in [9.17, 15) is 39.3 Å². The number of aromatic hydroxyl groups is 2. The number of nitrogens with zero attached hydrogens (tertiary/aromatic N) is 2. The molecule has 0 fully saturated rings. The first-order valence-corrected chi connectivity index (χ1v) is 9.50. The van der Waals surface area contributed by atoms with Crippen LogP contribution in [0.4, 0.5) is 0 Å². The first-order valence-electron chi connectivity index (χ1n) is 9.50. The van der Waals surface area contributed by atoms with Crippen LogP contribution >= 0.6 is 0 Å². The lowest BCUT2D eigenvalue weighted by atomic mass is 10.1. The van der Waals surface area contributed by atoms with E-state index >= 15 is 0 Å². The van der Waals surface area contributed by atoms with Gasteiger partial charge in [-0.25, -0.2) is 4.79 Å². The van der Waals surface area contributed by atoms with Gasteiger partial charge < -0.3 is 36.0 Å². The number of nitrogens with one attached hydrogen (secondary N) is 1. The third-order valence-electron chi connectivity index (χ3n) is 4.29. The summed E-state index contributed by atoms with van der Waals surface area (Å²) in [7, 11) is 0. The minimum atomic E-state index is -1.43. The van der Waals surface area contributed by atoms with Gasteiger partial charge in [-0.3, -0.25) is 29.0 Å². The Balaban J connectivity index is 2.80. The Kier molecular flexibility index (Phi) is 10.5. The highest BCUT2D eigenvalue weighted by atomic mass is 16.4. The van der Waals surface area contributed by atoms with Crippen LogP contribution in [0, 0.1) is 0 Å². The molecule has 1 aromatic carbocycles. The average Bonchev–Trinajstić information content (AvgIpc) is 2.66. The van der Waals surface area contributed by atoms with Gasteiger partial charge in [-0.05, 0) is 17.7 Å². The van der Waals surface area contributed by atoms with E-state index in [-0.39, 0.29) is 19.5 Å². The smallest absolute Gasteiger partial charge is 0.326 e. The number of aliphatic carboxylic acids is 4. The van der Waals surface area contributed by atoms with Gasteiger partial charge in [0.15, 0.2) is 11.5 Å². The largest absolute Gasteiger partial charge is 0.504 e. The summed E-state index contributed by atoms with van der Waals surface area (Å²) in [5, 5.41) is 57.3. The number of carboxylic acid groups (broad SMARTS) is 4. The van der Waals surface area contributed by atoms with Gasteiger partial charge in [0.25, 0.3) is 0 Å². The number of hydrogen-bond donors (Lipinski definition) is 7. The monoisotopic (exact) mass is 471 g/mol. The molecule has 0 saturated heterocycles. The van der Waals surface area contributed by atoms with Crippen molar-refractivity contribution in [2.75, 3.05) is 39.3 Å². The van der Waals surface area contributed by atoms with Crippen molar-refractivity contribution >= 4 is 29.8 Å². The lowest BCUT2D eigenvalue weighted by Gasteiger charge is -2.25. The molecule has 0 radical (unpaired) electrons. The van der Waals surface area contributed by atoms with Gasteiger partial charge in [-0.2, -0.15) is 0 Å². The van der Waals surface area contributed by atoms with E-state index in [0.29, 0.717) is 5.56 Å². The predicted molar refractivity (Wildman–Crippen MR) is 109 cm³/mol. The van der Waals surface area contributed by atoms with Crippen molar-refractivity contribution in [3.8, 4) is 11.5 Å². The van der Waals surface area contributed by atoms with Crippen molar-refractivity contribution in [3.05, 3.63) is 23.8 Å². The first-order chi connectivity index (χ1) is 15.4. The molecular weight excluding hydrogens is 446 g/mol. The van der Waals surface area contributed by atoms with Crippen molar-refractivity contribution in [2.45, 2.75) is 12.5 Å². The summed E-state index contributed by atoms with van der Waals surface area (Å²) >= 11 is 0. The molecule has 0 heterocycles. The van der Waals surface area contributed by atoms with Crippen molar-refractivity contribution in [1.82, 2.24) is 15.1 Å². The number of hydrogen-bond acceptors (Lipinski definition) is 9. The molecule has 0 bridgehead atoms. The van der Waals surface area contributed by atoms with E-state index < -0.39 is 73.5 Å². The van der Waals surface area contributed by atoms with Gasteiger partial charge >= 0.3 is 23.9 Å². The predicted octanol–water partition coefficient (Wildman–Crippen LogP) is -1.93. The molecule has 1 aromatic rings. The van der Waals surface area contributed by atoms with Crippen LogP contribution < -0.4 is 5.32 Å². The van der Waals surface area contributed by atoms with Gasteiger partial charge in [-0.15, -0.1) is 0 Å². The topological polar surface area (TPSA) is 225 Å². The lowest BCUT2D eigenvalue weighted by Crippen LogP contribution is -2.49. The molecule has 7 N–H and O–H groups in total. The van der Waals surface area contributed by atoms with Crippen LogP contribution in [0.25, 0.3) is 0 Å². The highest BCUT2D eigenvalue weighted by molar-refractivity contribution is 5.85. The van der Waals surface area contributed by atoms with Gasteiger partial charge in [0, 0.05) is 19.5 Å². The van der Waals surface area contributed by atoms with E-state index in [0.717, 1.165) is 21.9 Å². The molecule has 0 unspecified atom stereocenters. The highest BCUT2D eigenvalue weighted by Gasteiger charge is 2.23. The van der Waals surface area contributed by atoms with Gasteiger partial charge in [0.2, 0.25) is 5.91 Å². The van der Waals surface area contributed by atoms with E-state index in [1.165, 1.54) is 6.07 Å². The van der Waals surface area contributed by atoms with Gasteiger partial charge in [0.05, 0.1) is 26.2 Å². The standard InChI is InChI=1S/C19H25N3O11/c23-13-2-1-11(6-14(13)24)5-12(19(32)33)20-15(25)7-21(8-16(26)27)3-4-22(9-17(28)29)10-18(30)31/h1-2,6,12,23-24H,3-5,7-10H2,(H,20,25)(H,26,27)(H,28,29)(H,30,31)(H,32,33)/t12-/m1/s1. The Bertz CT molecular complexity index is 874. The maximum Gasteiger partial charge on any atom is 0.326 e. The number of carboxylic acids is 4. The van der Waals surface area contributed by atoms with E-state index in [2.05, 4.69) is 5.32 Å². The molecule has 1 rings (SSSR count). The summed E-state index contributed by atoms with van der Waals surface area (Å²) in [5.41, 5.74) is 0.304. The summed E-state index contributed by atoms with van der Waals surface area (Å²) in [6, 6.07) is 2.21. The summed E-state index contributed by atoms with van der Waals surface area (Å²) < 4.78 is 0. The Labute approximate surface area is 187 Å². The van der Waals surface area contributed by atoms with Crippen LogP contribution in [-0.4, -0.2) is 116 Å². The highest BCUT2D eigenvalue weighted by Crippen LogP contribution is 2.25. The molecular formula is C19H25N3O11. The van der Waals surface area contributed by atoms with Crippen molar-refractivity contribution < 1.29 is 54.6 Å². The Hall–Kier alpha value is -3.91.